The SMILES string of the molecule is Cc1c(C#N)c(N)n(CC(O)CO)c1C. The van der Waals surface area contributed by atoms with E-state index in [1.165, 1.54) is 0 Å². The second-order valence-corrected chi connectivity index (χ2v) is 3.53. The molecular weight excluding hydrogens is 194 g/mol. The van der Waals surface area contributed by atoms with Gasteiger partial charge in [0.05, 0.1) is 24.8 Å². The third-order valence-electron chi connectivity index (χ3n) is 2.59. The highest BCUT2D eigenvalue weighted by Crippen LogP contribution is 2.23. The summed E-state index contributed by atoms with van der Waals surface area (Å²) in [5.41, 5.74) is 7.87. The van der Waals surface area contributed by atoms with Crippen LogP contribution in [0.25, 0.3) is 0 Å². The van der Waals surface area contributed by atoms with Gasteiger partial charge in [0.25, 0.3) is 0 Å². The number of anilines is 1. The minimum absolute atomic E-state index is 0.205. The van der Waals surface area contributed by atoms with Gasteiger partial charge in [-0.1, -0.05) is 0 Å². The zero-order valence-corrected chi connectivity index (χ0v) is 8.86. The van der Waals surface area contributed by atoms with Crippen LogP contribution >= 0.6 is 0 Å². The van der Waals surface area contributed by atoms with Crippen LogP contribution in [0.1, 0.15) is 16.8 Å². The Hall–Kier alpha value is -1.51. The van der Waals surface area contributed by atoms with E-state index in [4.69, 9.17) is 16.1 Å². The van der Waals surface area contributed by atoms with E-state index in [1.807, 2.05) is 19.9 Å². The van der Waals surface area contributed by atoms with Crippen LogP contribution < -0.4 is 5.73 Å². The number of aromatic nitrogens is 1. The van der Waals surface area contributed by atoms with Crippen LogP contribution in [0.15, 0.2) is 0 Å². The molecule has 0 saturated heterocycles. The molecule has 0 aliphatic heterocycles. The number of rotatable bonds is 3. The van der Waals surface area contributed by atoms with Crippen molar-refractivity contribution in [3.05, 3.63) is 16.8 Å². The molecule has 0 aliphatic rings. The fourth-order valence-corrected chi connectivity index (χ4v) is 1.54. The summed E-state index contributed by atoms with van der Waals surface area (Å²) in [5.74, 6) is 0.347. The molecule has 15 heavy (non-hydrogen) atoms. The molecule has 1 heterocycles. The third kappa shape index (κ3) is 1.96. The maximum absolute atomic E-state index is 9.32. The number of aliphatic hydroxyl groups is 2. The molecule has 5 nitrogen and oxygen atoms in total. The second kappa shape index (κ2) is 4.34. The van der Waals surface area contributed by atoms with E-state index >= 15 is 0 Å². The van der Waals surface area contributed by atoms with Crippen LogP contribution in [-0.2, 0) is 6.54 Å². The Bertz CT molecular complexity index is 404. The maximum Gasteiger partial charge on any atom is 0.122 e. The van der Waals surface area contributed by atoms with Crippen molar-refractivity contribution in [2.24, 2.45) is 0 Å². The van der Waals surface area contributed by atoms with Crippen molar-refractivity contribution >= 4 is 5.82 Å². The lowest BCUT2D eigenvalue weighted by Gasteiger charge is -2.12. The fraction of sp³-hybridized carbons (Fsp3) is 0.500. The summed E-state index contributed by atoms with van der Waals surface area (Å²) in [5, 5.41) is 26.9. The van der Waals surface area contributed by atoms with E-state index in [9.17, 15) is 5.11 Å². The van der Waals surface area contributed by atoms with Gasteiger partial charge in [0.1, 0.15) is 11.9 Å². The first-order chi connectivity index (χ1) is 7.02. The minimum atomic E-state index is -0.857. The molecule has 1 unspecified atom stereocenters. The van der Waals surface area contributed by atoms with Gasteiger partial charge < -0.3 is 20.5 Å². The molecule has 82 valence electrons. The van der Waals surface area contributed by atoms with Gasteiger partial charge in [0.15, 0.2) is 0 Å². The molecule has 0 amide bonds. The van der Waals surface area contributed by atoms with Crippen molar-refractivity contribution in [1.29, 1.82) is 5.26 Å². The Morgan fingerprint density at radius 1 is 1.53 bits per heavy atom. The topological polar surface area (TPSA) is 95.2 Å². The number of nitrogen functional groups attached to an aromatic ring is 1. The molecule has 0 aromatic carbocycles. The summed E-state index contributed by atoms with van der Waals surface area (Å²) in [7, 11) is 0. The van der Waals surface area contributed by atoms with E-state index in [0.29, 0.717) is 11.4 Å². The molecule has 1 aromatic heterocycles. The number of hydrogen-bond acceptors (Lipinski definition) is 4. The number of hydrogen-bond donors (Lipinski definition) is 3. The summed E-state index contributed by atoms with van der Waals surface area (Å²) in [4.78, 5) is 0. The molecule has 0 saturated carbocycles. The standard InChI is InChI=1S/C10H15N3O2/c1-6-7(2)13(4-8(15)5-14)10(12)9(6)3-11/h8,14-15H,4-5,12H2,1-2H3. The molecular formula is C10H15N3O2. The van der Waals surface area contributed by atoms with Gasteiger partial charge in [-0.2, -0.15) is 5.26 Å². The highest BCUT2D eigenvalue weighted by molar-refractivity contribution is 5.57. The first-order valence-electron chi connectivity index (χ1n) is 4.67. The first-order valence-corrected chi connectivity index (χ1v) is 4.67. The van der Waals surface area contributed by atoms with Gasteiger partial charge in [-0.25, -0.2) is 0 Å². The first kappa shape index (κ1) is 11.6. The zero-order chi connectivity index (χ0) is 11.6. The molecule has 0 aliphatic carbocycles. The Morgan fingerprint density at radius 2 is 2.13 bits per heavy atom. The van der Waals surface area contributed by atoms with E-state index in [1.54, 1.807) is 4.57 Å². The van der Waals surface area contributed by atoms with Gasteiger partial charge in [-0.15, -0.1) is 0 Å². The summed E-state index contributed by atoms with van der Waals surface area (Å²) >= 11 is 0. The summed E-state index contributed by atoms with van der Waals surface area (Å²) < 4.78 is 1.65. The third-order valence-corrected chi connectivity index (χ3v) is 2.59. The Labute approximate surface area is 88.4 Å². The van der Waals surface area contributed by atoms with Gasteiger partial charge in [-0.3, -0.25) is 0 Å². The summed E-state index contributed by atoms with van der Waals surface area (Å²) in [6, 6.07) is 2.03. The molecule has 4 N–H and O–H groups in total. The van der Waals surface area contributed by atoms with Crippen molar-refractivity contribution in [1.82, 2.24) is 4.57 Å². The smallest absolute Gasteiger partial charge is 0.122 e. The van der Waals surface area contributed by atoms with Crippen molar-refractivity contribution in [3.63, 3.8) is 0 Å². The van der Waals surface area contributed by atoms with E-state index in [2.05, 4.69) is 0 Å². The van der Waals surface area contributed by atoms with Gasteiger partial charge in [0, 0.05) is 5.69 Å². The maximum atomic E-state index is 9.32. The highest BCUT2D eigenvalue weighted by atomic mass is 16.3. The van der Waals surface area contributed by atoms with Crippen LogP contribution in [0.4, 0.5) is 5.82 Å². The van der Waals surface area contributed by atoms with E-state index in [-0.39, 0.29) is 13.2 Å². The van der Waals surface area contributed by atoms with Crippen molar-refractivity contribution in [3.8, 4) is 6.07 Å². The molecule has 1 aromatic rings. The van der Waals surface area contributed by atoms with Crippen molar-refractivity contribution < 1.29 is 10.2 Å². The fourth-order valence-electron chi connectivity index (χ4n) is 1.54. The summed E-state index contributed by atoms with van der Waals surface area (Å²) in [6.45, 7) is 3.53. The zero-order valence-electron chi connectivity index (χ0n) is 8.86. The monoisotopic (exact) mass is 209 g/mol. The highest BCUT2D eigenvalue weighted by Gasteiger charge is 2.16. The van der Waals surface area contributed by atoms with Crippen LogP contribution in [0.2, 0.25) is 0 Å². The largest absolute Gasteiger partial charge is 0.394 e. The molecule has 0 fully saturated rings. The summed E-state index contributed by atoms with van der Waals surface area (Å²) in [6.07, 6.45) is -0.857. The number of aliphatic hydroxyl groups excluding tert-OH is 2. The number of nitriles is 1. The van der Waals surface area contributed by atoms with E-state index in [0.717, 1.165) is 11.3 Å². The second-order valence-electron chi connectivity index (χ2n) is 3.53. The molecule has 1 rings (SSSR count). The molecule has 0 bridgehead atoms. The van der Waals surface area contributed by atoms with E-state index < -0.39 is 6.10 Å². The lowest BCUT2D eigenvalue weighted by atomic mass is 10.2. The average molecular weight is 209 g/mol. The average Bonchev–Trinajstić information content (AvgIpc) is 2.42. The molecule has 0 spiro atoms. The van der Waals surface area contributed by atoms with Crippen LogP contribution in [-0.4, -0.2) is 27.5 Å². The Kier molecular flexibility index (Phi) is 3.35. The van der Waals surface area contributed by atoms with Crippen LogP contribution in [0.5, 0.6) is 0 Å². The quantitative estimate of drug-likeness (QED) is 0.648. The molecule has 1 atom stereocenters. The lowest BCUT2D eigenvalue weighted by Crippen LogP contribution is -2.21. The van der Waals surface area contributed by atoms with Crippen molar-refractivity contribution in [2.75, 3.05) is 12.3 Å². The van der Waals surface area contributed by atoms with Crippen molar-refractivity contribution in [2.45, 2.75) is 26.5 Å². The molecule has 5 heteroatoms. The van der Waals surface area contributed by atoms with Gasteiger partial charge in [0.2, 0.25) is 0 Å². The minimum Gasteiger partial charge on any atom is -0.394 e. The number of nitrogens with two attached hydrogens (primary N) is 1. The number of nitrogens with zero attached hydrogens (tertiary/aromatic N) is 2. The van der Waals surface area contributed by atoms with Gasteiger partial charge >= 0.3 is 0 Å². The van der Waals surface area contributed by atoms with Crippen LogP contribution in [0, 0.1) is 25.2 Å². The Balaban J connectivity index is 3.15. The molecule has 0 radical (unpaired) electrons. The predicted octanol–water partition coefficient (Wildman–Crippen LogP) is -0.0880. The lowest BCUT2D eigenvalue weighted by molar-refractivity contribution is 0.0813. The normalized spacial score (nSPS) is 12.5. The predicted molar refractivity (Wildman–Crippen MR) is 56.1 cm³/mol. The van der Waals surface area contributed by atoms with Gasteiger partial charge in [-0.05, 0) is 19.4 Å². The Morgan fingerprint density at radius 3 is 2.53 bits per heavy atom. The van der Waals surface area contributed by atoms with Crippen LogP contribution in [0.3, 0.4) is 0 Å².